The lowest BCUT2D eigenvalue weighted by atomic mass is 9.84. The highest BCUT2D eigenvalue weighted by Gasteiger charge is 2.39. The molecule has 1 saturated carbocycles. The van der Waals surface area contributed by atoms with Crippen LogP contribution in [0.4, 0.5) is 0 Å². The normalized spacial score (nSPS) is 21.5. The lowest BCUT2D eigenvalue weighted by molar-refractivity contribution is 0.217. The number of aromatic nitrogens is 1. The fraction of sp³-hybridized carbons (Fsp3) is 0.769. The SMILES string of the molecule is CC(C)NC(C)(c1nccs1)C1CCCC1. The molecule has 0 spiro atoms. The van der Waals surface area contributed by atoms with Crippen molar-refractivity contribution in [3.63, 3.8) is 0 Å². The summed E-state index contributed by atoms with van der Waals surface area (Å²) in [5.41, 5.74) is 0.0822. The standard InChI is InChI=1S/C13H22N2S/c1-10(2)15-13(3,11-6-4-5-7-11)12-14-8-9-16-12/h8-11,15H,4-7H2,1-3H3. The summed E-state index contributed by atoms with van der Waals surface area (Å²) < 4.78 is 0. The van der Waals surface area contributed by atoms with E-state index in [1.807, 2.05) is 6.20 Å². The second-order valence-electron chi connectivity index (χ2n) is 5.32. The molecule has 0 amide bonds. The quantitative estimate of drug-likeness (QED) is 0.867. The number of nitrogens with zero attached hydrogens (tertiary/aromatic N) is 1. The molecule has 0 bridgehead atoms. The maximum absolute atomic E-state index is 4.54. The predicted octanol–water partition coefficient (Wildman–Crippen LogP) is 3.55. The van der Waals surface area contributed by atoms with Crippen LogP contribution >= 0.6 is 11.3 Å². The first-order valence-electron chi connectivity index (χ1n) is 6.30. The molecule has 0 saturated heterocycles. The number of thiazole rings is 1. The summed E-state index contributed by atoms with van der Waals surface area (Å²) in [5.74, 6) is 0.751. The van der Waals surface area contributed by atoms with E-state index >= 15 is 0 Å². The molecular formula is C13H22N2S. The molecular weight excluding hydrogens is 216 g/mol. The van der Waals surface area contributed by atoms with Crippen molar-refractivity contribution in [2.24, 2.45) is 5.92 Å². The van der Waals surface area contributed by atoms with Crippen LogP contribution < -0.4 is 5.32 Å². The van der Waals surface area contributed by atoms with Crippen LogP contribution in [0.1, 0.15) is 51.5 Å². The maximum atomic E-state index is 4.54. The molecule has 1 aromatic rings. The van der Waals surface area contributed by atoms with Crippen LogP contribution in [0.5, 0.6) is 0 Å². The molecule has 0 aromatic carbocycles. The van der Waals surface area contributed by atoms with Gasteiger partial charge >= 0.3 is 0 Å². The van der Waals surface area contributed by atoms with Crippen molar-refractivity contribution >= 4 is 11.3 Å². The van der Waals surface area contributed by atoms with Gasteiger partial charge in [0, 0.05) is 17.6 Å². The minimum Gasteiger partial charge on any atom is -0.303 e. The summed E-state index contributed by atoms with van der Waals surface area (Å²) in [5, 5.41) is 7.09. The Kier molecular flexibility index (Phi) is 3.65. The van der Waals surface area contributed by atoms with E-state index in [-0.39, 0.29) is 5.54 Å². The van der Waals surface area contributed by atoms with E-state index in [9.17, 15) is 0 Å². The molecule has 1 fully saturated rings. The molecule has 2 nitrogen and oxygen atoms in total. The number of hydrogen-bond donors (Lipinski definition) is 1. The number of nitrogens with one attached hydrogen (secondary N) is 1. The Morgan fingerprint density at radius 1 is 1.44 bits per heavy atom. The molecule has 1 unspecified atom stereocenters. The lowest BCUT2D eigenvalue weighted by Crippen LogP contribution is -2.48. The summed E-state index contributed by atoms with van der Waals surface area (Å²) in [7, 11) is 0. The summed E-state index contributed by atoms with van der Waals surface area (Å²) >= 11 is 1.79. The minimum atomic E-state index is 0.0822. The number of rotatable bonds is 4. The van der Waals surface area contributed by atoms with Gasteiger partial charge in [0.05, 0.1) is 5.54 Å². The third-order valence-corrected chi connectivity index (χ3v) is 4.65. The fourth-order valence-electron chi connectivity index (χ4n) is 2.94. The van der Waals surface area contributed by atoms with Gasteiger partial charge in [-0.1, -0.05) is 12.8 Å². The molecule has 1 N–H and O–H groups in total. The molecule has 3 heteroatoms. The van der Waals surface area contributed by atoms with Crippen LogP contribution in [-0.4, -0.2) is 11.0 Å². The smallest absolute Gasteiger partial charge is 0.113 e. The van der Waals surface area contributed by atoms with Gasteiger partial charge in [0.25, 0.3) is 0 Å². The average Bonchev–Trinajstić information content (AvgIpc) is 2.91. The Hall–Kier alpha value is -0.410. The van der Waals surface area contributed by atoms with Crippen molar-refractivity contribution in [2.75, 3.05) is 0 Å². The van der Waals surface area contributed by atoms with Gasteiger partial charge in [0.15, 0.2) is 0 Å². The highest BCUT2D eigenvalue weighted by molar-refractivity contribution is 7.09. The molecule has 1 aliphatic rings. The second kappa shape index (κ2) is 4.84. The van der Waals surface area contributed by atoms with Gasteiger partial charge < -0.3 is 5.32 Å². The summed E-state index contributed by atoms with van der Waals surface area (Å²) in [6, 6.07) is 0.509. The Bertz CT molecular complexity index is 315. The largest absolute Gasteiger partial charge is 0.303 e. The summed E-state index contributed by atoms with van der Waals surface area (Å²) in [4.78, 5) is 4.54. The van der Waals surface area contributed by atoms with E-state index < -0.39 is 0 Å². The molecule has 1 heterocycles. The highest BCUT2D eigenvalue weighted by atomic mass is 32.1. The fourth-order valence-corrected chi connectivity index (χ4v) is 3.78. The zero-order valence-corrected chi connectivity index (χ0v) is 11.3. The topological polar surface area (TPSA) is 24.9 Å². The monoisotopic (exact) mass is 238 g/mol. The molecule has 2 rings (SSSR count). The maximum Gasteiger partial charge on any atom is 0.113 e. The van der Waals surface area contributed by atoms with Crippen LogP contribution in [-0.2, 0) is 5.54 Å². The molecule has 90 valence electrons. The zero-order valence-electron chi connectivity index (χ0n) is 10.5. The van der Waals surface area contributed by atoms with E-state index in [1.165, 1.54) is 30.7 Å². The Morgan fingerprint density at radius 2 is 2.12 bits per heavy atom. The van der Waals surface area contributed by atoms with Crippen LogP contribution in [0.3, 0.4) is 0 Å². The molecule has 0 aliphatic heterocycles. The van der Waals surface area contributed by atoms with Crippen molar-refractivity contribution in [3.8, 4) is 0 Å². The van der Waals surface area contributed by atoms with Crippen molar-refractivity contribution in [3.05, 3.63) is 16.6 Å². The van der Waals surface area contributed by atoms with E-state index in [1.54, 1.807) is 11.3 Å². The van der Waals surface area contributed by atoms with Gasteiger partial charge in [-0.3, -0.25) is 0 Å². The summed E-state index contributed by atoms with van der Waals surface area (Å²) in [6.45, 7) is 6.78. The Labute approximate surface area is 102 Å². The van der Waals surface area contributed by atoms with E-state index in [4.69, 9.17) is 0 Å². The van der Waals surface area contributed by atoms with Crippen molar-refractivity contribution < 1.29 is 0 Å². The van der Waals surface area contributed by atoms with Gasteiger partial charge in [-0.05, 0) is 39.5 Å². The summed E-state index contributed by atoms with van der Waals surface area (Å²) in [6.07, 6.45) is 7.37. The van der Waals surface area contributed by atoms with Crippen LogP contribution in [0, 0.1) is 5.92 Å². The molecule has 16 heavy (non-hydrogen) atoms. The van der Waals surface area contributed by atoms with Crippen LogP contribution in [0.25, 0.3) is 0 Å². The Morgan fingerprint density at radius 3 is 2.62 bits per heavy atom. The van der Waals surface area contributed by atoms with Crippen molar-refractivity contribution in [1.82, 2.24) is 10.3 Å². The van der Waals surface area contributed by atoms with E-state index in [2.05, 4.69) is 36.5 Å². The van der Waals surface area contributed by atoms with E-state index in [0.717, 1.165) is 5.92 Å². The van der Waals surface area contributed by atoms with Gasteiger partial charge in [-0.25, -0.2) is 4.98 Å². The first kappa shape index (κ1) is 12.1. The van der Waals surface area contributed by atoms with Crippen LogP contribution in [0.15, 0.2) is 11.6 Å². The highest BCUT2D eigenvalue weighted by Crippen LogP contribution is 2.41. The molecule has 1 aromatic heterocycles. The van der Waals surface area contributed by atoms with Gasteiger partial charge in [-0.2, -0.15) is 0 Å². The minimum absolute atomic E-state index is 0.0822. The first-order chi connectivity index (χ1) is 7.63. The third-order valence-electron chi connectivity index (χ3n) is 3.64. The first-order valence-corrected chi connectivity index (χ1v) is 7.18. The van der Waals surface area contributed by atoms with Gasteiger partial charge in [0.1, 0.15) is 5.01 Å². The molecule has 1 atom stereocenters. The van der Waals surface area contributed by atoms with E-state index in [0.29, 0.717) is 6.04 Å². The average molecular weight is 238 g/mol. The molecule has 0 radical (unpaired) electrons. The second-order valence-corrected chi connectivity index (χ2v) is 6.21. The third kappa shape index (κ3) is 2.30. The zero-order chi connectivity index (χ0) is 11.6. The van der Waals surface area contributed by atoms with Gasteiger partial charge in [0.2, 0.25) is 0 Å². The molecule has 1 aliphatic carbocycles. The lowest BCUT2D eigenvalue weighted by Gasteiger charge is -2.36. The Balaban J connectivity index is 2.24. The predicted molar refractivity (Wildman–Crippen MR) is 69.7 cm³/mol. The van der Waals surface area contributed by atoms with Crippen molar-refractivity contribution in [1.29, 1.82) is 0 Å². The van der Waals surface area contributed by atoms with Crippen molar-refractivity contribution in [2.45, 2.75) is 58.0 Å². The van der Waals surface area contributed by atoms with Crippen LogP contribution in [0.2, 0.25) is 0 Å². The van der Waals surface area contributed by atoms with Gasteiger partial charge in [-0.15, -0.1) is 11.3 Å². The number of hydrogen-bond acceptors (Lipinski definition) is 3.